The number of hydrogen-bond acceptors (Lipinski definition) is 2. The number of nitrogens with one attached hydrogen (secondary N) is 1. The van der Waals surface area contributed by atoms with Gasteiger partial charge in [-0.15, -0.1) is 0 Å². The summed E-state index contributed by atoms with van der Waals surface area (Å²) < 4.78 is 5.50. The average Bonchev–Trinajstić information content (AvgIpc) is 2.15. The SMILES string of the molecule is COc1c(C)cc(C)cc1C1NCC1C. The molecular weight excluding hydrogens is 186 g/mol. The summed E-state index contributed by atoms with van der Waals surface area (Å²) in [6.07, 6.45) is 0. The quantitative estimate of drug-likeness (QED) is 0.801. The number of aryl methyl sites for hydroxylation is 2. The minimum absolute atomic E-state index is 0.471. The molecule has 0 amide bonds. The van der Waals surface area contributed by atoms with Crippen LogP contribution in [0.4, 0.5) is 0 Å². The van der Waals surface area contributed by atoms with Crippen LogP contribution in [0.3, 0.4) is 0 Å². The lowest BCUT2D eigenvalue weighted by Crippen LogP contribution is -2.44. The standard InChI is InChI=1S/C13H19NO/c1-8-5-9(2)13(15-4)11(6-8)12-10(3)7-14-12/h5-6,10,12,14H,7H2,1-4H3. The van der Waals surface area contributed by atoms with E-state index < -0.39 is 0 Å². The molecule has 0 aliphatic carbocycles. The van der Waals surface area contributed by atoms with Crippen LogP contribution in [-0.4, -0.2) is 13.7 Å². The summed E-state index contributed by atoms with van der Waals surface area (Å²) in [4.78, 5) is 0. The molecule has 1 N–H and O–H groups in total. The van der Waals surface area contributed by atoms with Crippen LogP contribution >= 0.6 is 0 Å². The van der Waals surface area contributed by atoms with E-state index in [4.69, 9.17) is 4.74 Å². The lowest BCUT2D eigenvalue weighted by molar-refractivity contribution is 0.250. The molecule has 2 atom stereocenters. The van der Waals surface area contributed by atoms with Crippen molar-refractivity contribution in [1.82, 2.24) is 5.32 Å². The molecule has 0 bridgehead atoms. The van der Waals surface area contributed by atoms with Gasteiger partial charge >= 0.3 is 0 Å². The van der Waals surface area contributed by atoms with Crippen molar-refractivity contribution in [2.24, 2.45) is 5.92 Å². The molecule has 2 nitrogen and oxygen atoms in total. The maximum Gasteiger partial charge on any atom is 0.126 e. The van der Waals surface area contributed by atoms with Crippen molar-refractivity contribution in [2.75, 3.05) is 13.7 Å². The van der Waals surface area contributed by atoms with E-state index in [1.165, 1.54) is 16.7 Å². The molecule has 2 rings (SSSR count). The van der Waals surface area contributed by atoms with E-state index in [-0.39, 0.29) is 0 Å². The maximum absolute atomic E-state index is 5.50. The zero-order valence-electron chi connectivity index (χ0n) is 9.92. The van der Waals surface area contributed by atoms with Gasteiger partial charge in [0.05, 0.1) is 7.11 Å². The third-order valence-electron chi connectivity index (χ3n) is 3.22. The zero-order valence-corrected chi connectivity index (χ0v) is 9.92. The van der Waals surface area contributed by atoms with Crippen molar-refractivity contribution in [2.45, 2.75) is 26.8 Å². The van der Waals surface area contributed by atoms with Crippen LogP contribution < -0.4 is 10.1 Å². The summed E-state index contributed by atoms with van der Waals surface area (Å²) in [5.41, 5.74) is 3.85. The van der Waals surface area contributed by atoms with Crippen LogP contribution in [0.2, 0.25) is 0 Å². The van der Waals surface area contributed by atoms with E-state index in [1.807, 2.05) is 0 Å². The summed E-state index contributed by atoms with van der Waals surface area (Å²) in [6.45, 7) is 7.64. The Balaban J connectivity index is 2.44. The summed E-state index contributed by atoms with van der Waals surface area (Å²) in [5, 5.41) is 3.46. The minimum atomic E-state index is 0.471. The van der Waals surface area contributed by atoms with E-state index in [9.17, 15) is 0 Å². The number of methoxy groups -OCH3 is 1. The molecular formula is C13H19NO. The molecule has 1 fully saturated rings. The maximum atomic E-state index is 5.50. The molecule has 1 saturated heterocycles. The van der Waals surface area contributed by atoms with Crippen LogP contribution in [0.25, 0.3) is 0 Å². The van der Waals surface area contributed by atoms with Crippen LogP contribution in [0.15, 0.2) is 12.1 Å². The molecule has 1 heterocycles. The van der Waals surface area contributed by atoms with Crippen LogP contribution in [0.5, 0.6) is 5.75 Å². The predicted molar refractivity (Wildman–Crippen MR) is 62.4 cm³/mol. The minimum Gasteiger partial charge on any atom is -0.496 e. The summed E-state index contributed by atoms with van der Waals surface area (Å²) in [7, 11) is 1.75. The van der Waals surface area contributed by atoms with Gasteiger partial charge in [0.25, 0.3) is 0 Å². The Kier molecular flexibility index (Phi) is 2.70. The number of hydrogen-bond donors (Lipinski definition) is 1. The Bertz CT molecular complexity index is 373. The Hall–Kier alpha value is -1.02. The molecule has 0 radical (unpaired) electrons. The molecule has 1 aliphatic heterocycles. The molecule has 1 aromatic rings. The summed E-state index contributed by atoms with van der Waals surface area (Å²) in [6, 6.07) is 4.88. The monoisotopic (exact) mass is 205 g/mol. The highest BCUT2D eigenvalue weighted by atomic mass is 16.5. The molecule has 0 aromatic heterocycles. The van der Waals surface area contributed by atoms with Crippen molar-refractivity contribution >= 4 is 0 Å². The molecule has 0 spiro atoms. The van der Waals surface area contributed by atoms with E-state index >= 15 is 0 Å². The zero-order chi connectivity index (χ0) is 11.0. The third-order valence-corrected chi connectivity index (χ3v) is 3.22. The predicted octanol–water partition coefficient (Wildman–Crippen LogP) is 2.59. The second-order valence-electron chi connectivity index (χ2n) is 4.57. The first kappa shape index (κ1) is 10.5. The van der Waals surface area contributed by atoms with Crippen LogP contribution in [0.1, 0.15) is 29.7 Å². The van der Waals surface area contributed by atoms with Crippen molar-refractivity contribution in [3.05, 3.63) is 28.8 Å². The first-order valence-corrected chi connectivity index (χ1v) is 5.52. The third kappa shape index (κ3) is 1.74. The van der Waals surface area contributed by atoms with Gasteiger partial charge in [-0.05, 0) is 25.3 Å². The van der Waals surface area contributed by atoms with Crippen LogP contribution in [-0.2, 0) is 0 Å². The van der Waals surface area contributed by atoms with E-state index in [0.29, 0.717) is 12.0 Å². The lowest BCUT2D eigenvalue weighted by Gasteiger charge is -2.37. The van der Waals surface area contributed by atoms with Gasteiger partial charge in [-0.25, -0.2) is 0 Å². The van der Waals surface area contributed by atoms with Crippen LogP contribution in [0, 0.1) is 19.8 Å². The number of ether oxygens (including phenoxy) is 1. The van der Waals surface area contributed by atoms with E-state index in [0.717, 1.165) is 12.3 Å². The van der Waals surface area contributed by atoms with Gasteiger partial charge < -0.3 is 10.1 Å². The van der Waals surface area contributed by atoms with E-state index in [2.05, 4.69) is 38.2 Å². The highest BCUT2D eigenvalue weighted by Crippen LogP contribution is 2.37. The Labute approximate surface area is 91.6 Å². The number of benzene rings is 1. The second kappa shape index (κ2) is 3.86. The molecule has 82 valence electrons. The molecule has 1 aliphatic rings. The van der Waals surface area contributed by atoms with Crippen molar-refractivity contribution in [3.8, 4) is 5.75 Å². The van der Waals surface area contributed by atoms with Gasteiger partial charge in [-0.1, -0.05) is 24.6 Å². The fraction of sp³-hybridized carbons (Fsp3) is 0.538. The topological polar surface area (TPSA) is 21.3 Å². The van der Waals surface area contributed by atoms with Crippen molar-refractivity contribution < 1.29 is 4.74 Å². The molecule has 2 heteroatoms. The molecule has 0 saturated carbocycles. The summed E-state index contributed by atoms with van der Waals surface area (Å²) >= 11 is 0. The Morgan fingerprint density at radius 1 is 1.33 bits per heavy atom. The average molecular weight is 205 g/mol. The smallest absolute Gasteiger partial charge is 0.126 e. The van der Waals surface area contributed by atoms with Crippen molar-refractivity contribution in [1.29, 1.82) is 0 Å². The van der Waals surface area contributed by atoms with Crippen molar-refractivity contribution in [3.63, 3.8) is 0 Å². The van der Waals surface area contributed by atoms with Gasteiger partial charge in [0.2, 0.25) is 0 Å². The Morgan fingerprint density at radius 2 is 2.07 bits per heavy atom. The Morgan fingerprint density at radius 3 is 2.53 bits per heavy atom. The highest BCUT2D eigenvalue weighted by molar-refractivity contribution is 5.46. The van der Waals surface area contributed by atoms with Gasteiger partial charge in [-0.2, -0.15) is 0 Å². The first-order valence-electron chi connectivity index (χ1n) is 5.52. The second-order valence-corrected chi connectivity index (χ2v) is 4.57. The largest absolute Gasteiger partial charge is 0.496 e. The fourth-order valence-electron chi connectivity index (χ4n) is 2.38. The molecule has 15 heavy (non-hydrogen) atoms. The van der Waals surface area contributed by atoms with Gasteiger partial charge in [0.15, 0.2) is 0 Å². The van der Waals surface area contributed by atoms with E-state index in [1.54, 1.807) is 7.11 Å². The number of rotatable bonds is 2. The first-order chi connectivity index (χ1) is 7.13. The lowest BCUT2D eigenvalue weighted by atomic mass is 9.85. The molecule has 2 unspecified atom stereocenters. The normalized spacial score (nSPS) is 24.8. The van der Waals surface area contributed by atoms with Gasteiger partial charge in [0, 0.05) is 18.2 Å². The van der Waals surface area contributed by atoms with Gasteiger partial charge in [0.1, 0.15) is 5.75 Å². The summed E-state index contributed by atoms with van der Waals surface area (Å²) in [5.74, 6) is 1.75. The van der Waals surface area contributed by atoms with Gasteiger partial charge in [-0.3, -0.25) is 0 Å². The molecule has 1 aromatic carbocycles. The highest BCUT2D eigenvalue weighted by Gasteiger charge is 2.30. The fourth-order valence-corrected chi connectivity index (χ4v) is 2.38.